The van der Waals surface area contributed by atoms with E-state index in [-0.39, 0.29) is 10.7 Å². The van der Waals surface area contributed by atoms with Gasteiger partial charge in [0, 0.05) is 24.6 Å². The highest BCUT2D eigenvalue weighted by atomic mass is 32.2. The first kappa shape index (κ1) is 13.2. The van der Waals surface area contributed by atoms with Crippen molar-refractivity contribution in [3.05, 3.63) is 16.6 Å². The first-order valence-electron chi connectivity index (χ1n) is 5.04. The highest BCUT2D eigenvalue weighted by molar-refractivity contribution is 7.91. The maximum atomic E-state index is 11.6. The summed E-state index contributed by atoms with van der Waals surface area (Å²) in [6.07, 6.45) is 1.85. The number of nitrogens with two attached hydrogens (primary N) is 1. The summed E-state index contributed by atoms with van der Waals surface area (Å²) in [5.41, 5.74) is 8.31. The normalized spacial score (nSPS) is 11.6. The van der Waals surface area contributed by atoms with Gasteiger partial charge in [0.05, 0.1) is 11.2 Å². The molecule has 0 aliphatic carbocycles. The lowest BCUT2D eigenvalue weighted by molar-refractivity contribution is 0.602. The van der Waals surface area contributed by atoms with Gasteiger partial charge in [-0.2, -0.15) is 4.37 Å². The van der Waals surface area contributed by atoms with E-state index in [9.17, 15) is 8.42 Å². The molecule has 9 heteroatoms. The summed E-state index contributed by atoms with van der Waals surface area (Å²) < 4.78 is 27.0. The highest BCUT2D eigenvalue weighted by Crippen LogP contribution is 2.31. The zero-order valence-electron chi connectivity index (χ0n) is 9.58. The second-order valence-corrected chi connectivity index (χ2v) is 7.10. The monoisotopic (exact) mass is 304 g/mol. The first-order valence-corrected chi connectivity index (χ1v) is 8.65. The van der Waals surface area contributed by atoms with Crippen LogP contribution in [0.2, 0.25) is 0 Å². The van der Waals surface area contributed by atoms with Crippen molar-refractivity contribution in [2.45, 2.75) is 11.3 Å². The maximum Gasteiger partial charge on any atom is 0.182 e. The van der Waals surface area contributed by atoms with E-state index < -0.39 is 9.84 Å². The fourth-order valence-electron chi connectivity index (χ4n) is 1.43. The van der Waals surface area contributed by atoms with Gasteiger partial charge in [0.2, 0.25) is 0 Å². The number of nitrogens with one attached hydrogen (secondary N) is 1. The van der Waals surface area contributed by atoms with Crippen molar-refractivity contribution in [3.8, 4) is 0 Å². The van der Waals surface area contributed by atoms with E-state index in [1.807, 2.05) is 5.38 Å². The van der Waals surface area contributed by atoms with Crippen molar-refractivity contribution in [3.63, 3.8) is 0 Å². The van der Waals surface area contributed by atoms with Gasteiger partial charge >= 0.3 is 0 Å². The molecule has 18 heavy (non-hydrogen) atoms. The highest BCUT2D eigenvalue weighted by Gasteiger charge is 2.20. The minimum atomic E-state index is -3.36. The molecule has 0 atom stereocenters. The molecule has 0 saturated heterocycles. The van der Waals surface area contributed by atoms with Crippen LogP contribution >= 0.6 is 22.9 Å². The molecule has 98 valence electrons. The van der Waals surface area contributed by atoms with Gasteiger partial charge in [-0.1, -0.05) is 0 Å². The predicted molar refractivity (Wildman–Crippen MR) is 73.9 cm³/mol. The summed E-state index contributed by atoms with van der Waals surface area (Å²) in [6, 6.07) is 0. The van der Waals surface area contributed by atoms with Crippen molar-refractivity contribution in [1.29, 1.82) is 0 Å². The van der Waals surface area contributed by atoms with Crippen LogP contribution < -0.4 is 11.1 Å². The third-order valence-corrected chi connectivity index (χ3v) is 4.93. The van der Waals surface area contributed by atoms with Crippen molar-refractivity contribution in [2.75, 3.05) is 23.9 Å². The minimum Gasteiger partial charge on any atom is -0.382 e. The molecule has 0 amide bonds. The summed E-state index contributed by atoms with van der Waals surface area (Å²) in [5.74, 6) is 0.0543. The number of nitrogens with zero attached hydrogens (tertiary/aromatic N) is 2. The fraction of sp³-hybridized carbons (Fsp3) is 0.333. The molecule has 0 aliphatic heterocycles. The molecule has 0 bridgehead atoms. The Morgan fingerprint density at radius 1 is 1.50 bits per heavy atom. The van der Waals surface area contributed by atoms with Gasteiger partial charge in [0.15, 0.2) is 15.7 Å². The molecule has 2 rings (SSSR count). The van der Waals surface area contributed by atoms with Crippen LogP contribution in [0.15, 0.2) is 15.8 Å². The van der Waals surface area contributed by atoms with Crippen LogP contribution in [0.1, 0.15) is 5.69 Å². The van der Waals surface area contributed by atoms with E-state index in [1.54, 1.807) is 5.51 Å². The topological polar surface area (TPSA) is 98.0 Å². The standard InChI is InChI=1S/C9H12N4O2S3/c1-18(14,15)7-8(10)13-17-9(7)11-3-2-6-4-16-5-12-6/h4-5,11H,2-3H2,1H3,(H2,10,13). The Morgan fingerprint density at radius 2 is 2.28 bits per heavy atom. The number of aromatic nitrogens is 2. The van der Waals surface area contributed by atoms with E-state index in [2.05, 4.69) is 14.7 Å². The van der Waals surface area contributed by atoms with Gasteiger partial charge < -0.3 is 11.1 Å². The number of hydrogen-bond donors (Lipinski definition) is 2. The van der Waals surface area contributed by atoms with Gasteiger partial charge in [-0.25, -0.2) is 13.4 Å². The summed E-state index contributed by atoms with van der Waals surface area (Å²) in [4.78, 5) is 4.24. The van der Waals surface area contributed by atoms with Crippen molar-refractivity contribution in [2.24, 2.45) is 0 Å². The molecule has 0 saturated carbocycles. The molecule has 0 spiro atoms. The third kappa shape index (κ3) is 2.98. The Labute approximate surface area is 113 Å². The number of hydrogen-bond acceptors (Lipinski definition) is 8. The first-order chi connectivity index (χ1) is 8.48. The molecule has 0 unspecified atom stereocenters. The van der Waals surface area contributed by atoms with Crippen LogP contribution in [0.5, 0.6) is 0 Å². The zero-order chi connectivity index (χ0) is 13.2. The van der Waals surface area contributed by atoms with E-state index >= 15 is 0 Å². The molecule has 0 aromatic carbocycles. The van der Waals surface area contributed by atoms with Crippen molar-refractivity contribution < 1.29 is 8.42 Å². The number of rotatable bonds is 5. The summed E-state index contributed by atoms with van der Waals surface area (Å²) in [6.45, 7) is 0.591. The quantitative estimate of drug-likeness (QED) is 0.862. The van der Waals surface area contributed by atoms with Crippen LogP contribution in [0, 0.1) is 0 Å². The molecular formula is C9H12N4O2S3. The van der Waals surface area contributed by atoms with Crippen LogP contribution in [-0.2, 0) is 16.3 Å². The molecule has 6 nitrogen and oxygen atoms in total. The lowest BCUT2D eigenvalue weighted by Crippen LogP contribution is -2.08. The van der Waals surface area contributed by atoms with Crippen molar-refractivity contribution >= 4 is 43.5 Å². The summed E-state index contributed by atoms with van der Waals surface area (Å²) in [5, 5.41) is 5.49. The van der Waals surface area contributed by atoms with Crippen LogP contribution in [0.3, 0.4) is 0 Å². The van der Waals surface area contributed by atoms with Crippen molar-refractivity contribution in [1.82, 2.24) is 9.36 Å². The van der Waals surface area contributed by atoms with Gasteiger partial charge in [-0.3, -0.25) is 0 Å². The summed E-state index contributed by atoms with van der Waals surface area (Å²) >= 11 is 2.59. The van der Waals surface area contributed by atoms with Gasteiger partial charge in [0.1, 0.15) is 9.90 Å². The predicted octanol–water partition coefficient (Wildman–Crippen LogP) is 1.24. The third-order valence-electron chi connectivity index (χ3n) is 2.20. The Morgan fingerprint density at radius 3 is 2.89 bits per heavy atom. The largest absolute Gasteiger partial charge is 0.382 e. The van der Waals surface area contributed by atoms with Gasteiger partial charge in [-0.05, 0) is 11.5 Å². The molecular weight excluding hydrogens is 292 g/mol. The Hall–Kier alpha value is -1.19. The molecule has 3 N–H and O–H groups in total. The minimum absolute atomic E-state index is 0.0543. The average Bonchev–Trinajstić information content (AvgIpc) is 2.87. The molecule has 0 radical (unpaired) electrons. The Kier molecular flexibility index (Phi) is 3.83. The number of thiazole rings is 1. The second kappa shape index (κ2) is 5.21. The SMILES string of the molecule is CS(=O)(=O)c1c(N)nsc1NCCc1cscn1. The molecule has 0 fully saturated rings. The van der Waals surface area contributed by atoms with Crippen LogP contribution in [0.25, 0.3) is 0 Å². The smallest absolute Gasteiger partial charge is 0.182 e. The van der Waals surface area contributed by atoms with E-state index in [1.165, 1.54) is 11.3 Å². The number of sulfone groups is 1. The lowest BCUT2D eigenvalue weighted by atomic mass is 10.3. The molecule has 2 aromatic heterocycles. The van der Waals surface area contributed by atoms with Gasteiger partial charge in [-0.15, -0.1) is 11.3 Å². The number of anilines is 2. The second-order valence-electron chi connectivity index (χ2n) is 3.65. The lowest BCUT2D eigenvalue weighted by Gasteiger charge is -2.04. The van der Waals surface area contributed by atoms with Crippen LogP contribution in [0.4, 0.5) is 10.8 Å². The van der Waals surface area contributed by atoms with E-state index in [4.69, 9.17) is 5.73 Å². The molecule has 2 heterocycles. The Bertz CT molecular complexity index is 618. The average molecular weight is 304 g/mol. The van der Waals surface area contributed by atoms with E-state index in [0.29, 0.717) is 11.5 Å². The zero-order valence-corrected chi connectivity index (χ0v) is 12.0. The van der Waals surface area contributed by atoms with E-state index in [0.717, 1.165) is 29.9 Å². The summed E-state index contributed by atoms with van der Waals surface area (Å²) in [7, 11) is -3.36. The fourth-order valence-corrected chi connectivity index (χ4v) is 4.12. The Balaban J connectivity index is 2.06. The molecule has 0 aliphatic rings. The molecule has 2 aromatic rings. The maximum absolute atomic E-state index is 11.6. The van der Waals surface area contributed by atoms with Gasteiger partial charge in [0.25, 0.3) is 0 Å². The van der Waals surface area contributed by atoms with Crippen LogP contribution in [-0.4, -0.2) is 30.6 Å². The number of nitrogen functional groups attached to an aromatic ring is 1.